The quantitative estimate of drug-likeness (QED) is 0.349. The SMILES string of the molecule is CCC1=C(C(=O)Nc2ccc(Oc3cccc(F)c3)nc2)c2cc(-c3cccnc3)ccc2NC1. The van der Waals surface area contributed by atoms with Crippen LogP contribution in [0.2, 0.25) is 0 Å². The van der Waals surface area contributed by atoms with E-state index in [1.807, 2.05) is 37.3 Å². The van der Waals surface area contributed by atoms with E-state index < -0.39 is 0 Å². The number of anilines is 2. The van der Waals surface area contributed by atoms with E-state index in [9.17, 15) is 9.18 Å². The summed E-state index contributed by atoms with van der Waals surface area (Å²) in [7, 11) is 0. The third-order valence-electron chi connectivity index (χ3n) is 5.80. The van der Waals surface area contributed by atoms with Crippen molar-refractivity contribution in [3.05, 3.63) is 102 Å². The highest BCUT2D eigenvalue weighted by Gasteiger charge is 2.24. The van der Waals surface area contributed by atoms with Crippen molar-refractivity contribution in [1.29, 1.82) is 0 Å². The molecule has 6 nitrogen and oxygen atoms in total. The highest BCUT2D eigenvalue weighted by Crippen LogP contribution is 2.36. The monoisotopic (exact) mass is 466 g/mol. The lowest BCUT2D eigenvalue weighted by molar-refractivity contribution is -0.111. The van der Waals surface area contributed by atoms with Gasteiger partial charge in [0.15, 0.2) is 0 Å². The molecule has 1 amide bonds. The van der Waals surface area contributed by atoms with E-state index in [4.69, 9.17) is 4.74 Å². The molecule has 2 aromatic heterocycles. The number of rotatable bonds is 6. The molecule has 0 spiro atoms. The smallest absolute Gasteiger partial charge is 0.256 e. The number of amides is 1. The first-order valence-corrected chi connectivity index (χ1v) is 11.3. The van der Waals surface area contributed by atoms with Gasteiger partial charge in [0.25, 0.3) is 5.91 Å². The predicted molar refractivity (Wildman–Crippen MR) is 135 cm³/mol. The molecule has 0 unspecified atom stereocenters. The van der Waals surface area contributed by atoms with Gasteiger partial charge in [0.1, 0.15) is 11.6 Å². The van der Waals surface area contributed by atoms with Crippen molar-refractivity contribution >= 4 is 22.9 Å². The number of hydrogen-bond acceptors (Lipinski definition) is 5. The molecule has 7 heteroatoms. The van der Waals surface area contributed by atoms with Gasteiger partial charge in [-0.05, 0) is 54.0 Å². The van der Waals surface area contributed by atoms with Gasteiger partial charge in [-0.25, -0.2) is 9.37 Å². The lowest BCUT2D eigenvalue weighted by Crippen LogP contribution is -2.22. The molecule has 0 bridgehead atoms. The number of carbonyl (C=O) groups excluding carboxylic acids is 1. The summed E-state index contributed by atoms with van der Waals surface area (Å²) in [6.07, 6.45) is 5.80. The van der Waals surface area contributed by atoms with Gasteiger partial charge in [-0.15, -0.1) is 0 Å². The highest BCUT2D eigenvalue weighted by atomic mass is 19.1. The molecular formula is C28H23FN4O2. The average molecular weight is 467 g/mol. The van der Waals surface area contributed by atoms with Crippen molar-refractivity contribution < 1.29 is 13.9 Å². The Balaban J connectivity index is 1.39. The molecule has 1 aliphatic rings. The lowest BCUT2D eigenvalue weighted by atomic mass is 9.90. The summed E-state index contributed by atoms with van der Waals surface area (Å²) < 4.78 is 19.0. The zero-order chi connectivity index (χ0) is 24.2. The molecule has 0 atom stereocenters. The summed E-state index contributed by atoms with van der Waals surface area (Å²) in [5.74, 6) is 0.0620. The van der Waals surface area contributed by atoms with Gasteiger partial charge in [-0.1, -0.05) is 25.1 Å². The number of aromatic nitrogens is 2. The van der Waals surface area contributed by atoms with Crippen LogP contribution in [0.1, 0.15) is 18.9 Å². The van der Waals surface area contributed by atoms with Crippen LogP contribution in [-0.4, -0.2) is 22.4 Å². The first-order valence-electron chi connectivity index (χ1n) is 11.3. The Morgan fingerprint density at radius 3 is 2.71 bits per heavy atom. The Bertz CT molecular complexity index is 1400. The van der Waals surface area contributed by atoms with Crippen LogP contribution in [0, 0.1) is 5.82 Å². The Kier molecular flexibility index (Phi) is 6.22. The molecule has 174 valence electrons. The zero-order valence-electron chi connectivity index (χ0n) is 19.1. The highest BCUT2D eigenvalue weighted by molar-refractivity contribution is 6.28. The maximum absolute atomic E-state index is 13.5. The Morgan fingerprint density at radius 2 is 1.97 bits per heavy atom. The van der Waals surface area contributed by atoms with Gasteiger partial charge in [0.05, 0.1) is 11.9 Å². The van der Waals surface area contributed by atoms with E-state index >= 15 is 0 Å². The Hall–Kier alpha value is -4.52. The zero-order valence-corrected chi connectivity index (χ0v) is 19.1. The topological polar surface area (TPSA) is 76.1 Å². The van der Waals surface area contributed by atoms with Crippen LogP contribution >= 0.6 is 0 Å². The van der Waals surface area contributed by atoms with Crippen molar-refractivity contribution in [2.24, 2.45) is 0 Å². The van der Waals surface area contributed by atoms with Gasteiger partial charge in [0.2, 0.25) is 5.88 Å². The van der Waals surface area contributed by atoms with Crippen LogP contribution in [-0.2, 0) is 4.79 Å². The lowest BCUT2D eigenvalue weighted by Gasteiger charge is -2.25. The van der Waals surface area contributed by atoms with Crippen molar-refractivity contribution in [1.82, 2.24) is 9.97 Å². The molecule has 0 fully saturated rings. The van der Waals surface area contributed by atoms with Gasteiger partial charge >= 0.3 is 0 Å². The molecule has 1 aliphatic heterocycles. The van der Waals surface area contributed by atoms with E-state index in [1.165, 1.54) is 18.3 Å². The number of nitrogens with zero attached hydrogens (tertiary/aromatic N) is 2. The molecule has 3 heterocycles. The molecule has 0 saturated carbocycles. The molecule has 35 heavy (non-hydrogen) atoms. The first kappa shape index (κ1) is 22.3. The summed E-state index contributed by atoms with van der Waals surface area (Å²) in [6, 6.07) is 19.1. The van der Waals surface area contributed by atoms with Crippen molar-refractivity contribution in [2.75, 3.05) is 17.2 Å². The van der Waals surface area contributed by atoms with E-state index in [-0.39, 0.29) is 11.7 Å². The van der Waals surface area contributed by atoms with Gasteiger partial charge in [0, 0.05) is 53.5 Å². The second-order valence-corrected chi connectivity index (χ2v) is 8.09. The maximum atomic E-state index is 13.5. The van der Waals surface area contributed by atoms with Crippen LogP contribution in [0.3, 0.4) is 0 Å². The minimum Gasteiger partial charge on any atom is -0.439 e. The summed E-state index contributed by atoms with van der Waals surface area (Å²) in [5.41, 5.74) is 5.96. The van der Waals surface area contributed by atoms with E-state index in [0.717, 1.165) is 34.4 Å². The normalized spacial score (nSPS) is 12.5. The molecule has 2 aromatic carbocycles. The molecule has 2 N–H and O–H groups in total. The Labute approximate surface area is 202 Å². The molecule has 0 aliphatic carbocycles. The summed E-state index contributed by atoms with van der Waals surface area (Å²) in [4.78, 5) is 21.9. The minimum atomic E-state index is -0.389. The van der Waals surface area contributed by atoms with Crippen molar-refractivity contribution in [3.8, 4) is 22.8 Å². The Morgan fingerprint density at radius 1 is 1.06 bits per heavy atom. The third-order valence-corrected chi connectivity index (χ3v) is 5.80. The van der Waals surface area contributed by atoms with Gasteiger partial charge < -0.3 is 15.4 Å². The largest absolute Gasteiger partial charge is 0.439 e. The predicted octanol–water partition coefficient (Wildman–Crippen LogP) is 6.30. The number of fused-ring (bicyclic) bond motifs is 1. The van der Waals surface area contributed by atoms with Crippen LogP contribution < -0.4 is 15.4 Å². The fourth-order valence-electron chi connectivity index (χ4n) is 4.04. The van der Waals surface area contributed by atoms with E-state index in [0.29, 0.717) is 29.4 Å². The number of halogens is 1. The number of ether oxygens (including phenoxy) is 1. The van der Waals surface area contributed by atoms with Gasteiger partial charge in [-0.2, -0.15) is 0 Å². The van der Waals surface area contributed by atoms with E-state index in [2.05, 4.69) is 20.6 Å². The number of hydrogen-bond donors (Lipinski definition) is 2. The van der Waals surface area contributed by atoms with Crippen LogP contribution in [0.5, 0.6) is 11.6 Å². The fraction of sp³-hybridized carbons (Fsp3) is 0.107. The van der Waals surface area contributed by atoms with Crippen LogP contribution in [0.25, 0.3) is 16.7 Å². The summed E-state index contributed by atoms with van der Waals surface area (Å²) >= 11 is 0. The maximum Gasteiger partial charge on any atom is 0.256 e. The second kappa shape index (κ2) is 9.77. The average Bonchev–Trinajstić information content (AvgIpc) is 2.89. The van der Waals surface area contributed by atoms with Crippen molar-refractivity contribution in [3.63, 3.8) is 0 Å². The minimum absolute atomic E-state index is 0.200. The molecular weight excluding hydrogens is 443 g/mol. The van der Waals surface area contributed by atoms with Crippen LogP contribution in [0.15, 0.2) is 90.9 Å². The fourth-order valence-corrected chi connectivity index (χ4v) is 4.04. The molecule has 4 aromatic rings. The number of nitrogens with one attached hydrogen (secondary N) is 2. The molecule has 5 rings (SSSR count). The summed E-state index contributed by atoms with van der Waals surface area (Å²) in [6.45, 7) is 2.65. The second-order valence-electron chi connectivity index (χ2n) is 8.09. The standard InChI is InChI=1S/C28H23FN4O2/c1-2-18-16-31-25-10-8-19(20-5-4-12-30-15-20)13-24(25)27(18)28(34)33-22-9-11-26(32-17-22)35-23-7-3-6-21(29)14-23/h3-15,17,31H,2,16H2,1H3,(H,33,34). The third kappa shape index (κ3) is 4.89. The molecule has 0 radical (unpaired) electrons. The van der Waals surface area contributed by atoms with Crippen LogP contribution in [0.4, 0.5) is 15.8 Å². The number of pyridine rings is 2. The summed E-state index contributed by atoms with van der Waals surface area (Å²) in [5, 5.41) is 6.38. The van der Waals surface area contributed by atoms with Crippen molar-refractivity contribution in [2.45, 2.75) is 13.3 Å². The first-order chi connectivity index (χ1) is 17.1. The molecule has 0 saturated heterocycles. The number of benzene rings is 2. The van der Waals surface area contributed by atoms with E-state index in [1.54, 1.807) is 36.7 Å². The van der Waals surface area contributed by atoms with Gasteiger partial charge in [-0.3, -0.25) is 9.78 Å². The number of carbonyl (C=O) groups is 1.